The van der Waals surface area contributed by atoms with Gasteiger partial charge in [0.15, 0.2) is 11.6 Å². The Morgan fingerprint density at radius 2 is 0.905 bits per heavy atom. The van der Waals surface area contributed by atoms with Crippen molar-refractivity contribution in [1.29, 1.82) is 10.5 Å². The maximum Gasteiger partial charge on any atom is 0.416 e. The molecule has 320 valence electrons. The van der Waals surface area contributed by atoms with Crippen LogP contribution in [0.5, 0.6) is 0 Å². The minimum atomic E-state index is -4.89. The topological polar surface area (TPSA) is 163 Å². The number of benzene rings is 4. The molecule has 2 unspecified atom stereocenters. The smallest absolute Gasteiger partial charge is 0.295 e. The fraction of sp³-hybridized carbons (Fsp3) is 0.200. The molecule has 0 N–H and O–H groups in total. The number of ketones is 2. The van der Waals surface area contributed by atoms with Gasteiger partial charge in [-0.2, -0.15) is 36.9 Å². The minimum absolute atomic E-state index is 0.0639. The normalized spacial score (nSPS) is 17.1. The molecule has 0 aliphatic carbocycles. The second kappa shape index (κ2) is 16.9. The average molecular weight is 867 g/mol. The van der Waals surface area contributed by atoms with E-state index < -0.39 is 88.8 Å². The van der Waals surface area contributed by atoms with Crippen molar-refractivity contribution in [3.8, 4) is 12.1 Å². The molecule has 0 saturated heterocycles. The van der Waals surface area contributed by atoms with Gasteiger partial charge in [-0.1, -0.05) is 36.4 Å². The number of urea groups is 2. The summed E-state index contributed by atoms with van der Waals surface area (Å²) in [5.41, 5.74) is -3.67. The van der Waals surface area contributed by atoms with E-state index in [-0.39, 0.29) is 44.8 Å². The van der Waals surface area contributed by atoms with Gasteiger partial charge in [-0.05, 0) is 99.5 Å². The molecule has 2 aliphatic heterocycles. The summed E-state index contributed by atoms with van der Waals surface area (Å²) in [6, 6.07) is 15.4. The lowest BCUT2D eigenvalue weighted by Crippen LogP contribution is -2.56. The van der Waals surface area contributed by atoms with Crippen LogP contribution < -0.4 is 9.80 Å². The van der Waals surface area contributed by atoms with Gasteiger partial charge >= 0.3 is 24.4 Å². The fourth-order valence-electron chi connectivity index (χ4n) is 7.68. The van der Waals surface area contributed by atoms with E-state index in [1.807, 2.05) is 12.1 Å². The first-order chi connectivity index (χ1) is 29.6. The van der Waals surface area contributed by atoms with Crippen LogP contribution in [-0.2, 0) is 31.5 Å². The first-order valence-electron chi connectivity index (χ1n) is 18.7. The number of hydrogen-bond acceptors (Lipinski definition) is 8. The van der Waals surface area contributed by atoms with Gasteiger partial charge in [0.2, 0.25) is 11.8 Å². The number of imide groups is 2. The van der Waals surface area contributed by atoms with E-state index in [4.69, 9.17) is 0 Å². The molecule has 12 nitrogen and oxygen atoms in total. The summed E-state index contributed by atoms with van der Waals surface area (Å²) in [6.45, 7) is 4.71. The maximum absolute atomic E-state index is 14.8. The molecule has 0 aromatic heterocycles. The molecule has 2 aliphatic rings. The molecule has 63 heavy (non-hydrogen) atoms. The number of allylic oxidation sites excluding steroid dienone is 2. The number of Topliss-reactive ketones (excluding diaryl/α,β-unsaturated/α-hetero) is 2. The van der Waals surface area contributed by atoms with Crippen LogP contribution in [0.4, 0.5) is 47.3 Å². The Balaban J connectivity index is 1.53. The summed E-state index contributed by atoms with van der Waals surface area (Å²) in [5, 5.41) is 18.9. The summed E-state index contributed by atoms with van der Waals surface area (Å²) in [5.74, 6) is -4.28. The average Bonchev–Trinajstić information content (AvgIpc) is 3.22. The van der Waals surface area contributed by atoms with Crippen molar-refractivity contribution >= 4 is 46.8 Å². The molecule has 0 fully saturated rings. The van der Waals surface area contributed by atoms with Gasteiger partial charge in [0.05, 0.1) is 57.9 Å². The summed E-state index contributed by atoms with van der Waals surface area (Å²) < 4.78 is 83.5. The number of anilines is 2. The van der Waals surface area contributed by atoms with E-state index in [0.29, 0.717) is 31.7 Å². The van der Waals surface area contributed by atoms with Crippen molar-refractivity contribution in [2.45, 2.75) is 58.6 Å². The third-order valence-corrected chi connectivity index (χ3v) is 10.5. The minimum Gasteiger partial charge on any atom is -0.295 e. The monoisotopic (exact) mass is 866 g/mol. The predicted octanol–water partition coefficient (Wildman–Crippen LogP) is 9.30. The van der Waals surface area contributed by atoms with Gasteiger partial charge in [0.25, 0.3) is 0 Å². The molecule has 4 aromatic rings. The lowest BCUT2D eigenvalue weighted by molar-refractivity contribution is -0.140. The number of hydrogen-bond donors (Lipinski definition) is 0. The molecule has 0 saturated carbocycles. The van der Waals surface area contributed by atoms with E-state index in [1.54, 1.807) is 0 Å². The van der Waals surface area contributed by atoms with Crippen LogP contribution in [0.3, 0.4) is 0 Å². The molecule has 0 radical (unpaired) electrons. The number of halogens is 6. The second-order valence-corrected chi connectivity index (χ2v) is 14.4. The van der Waals surface area contributed by atoms with Crippen molar-refractivity contribution < 1.29 is 55.1 Å². The molecular weight excluding hydrogens is 835 g/mol. The lowest BCUT2D eigenvalue weighted by Gasteiger charge is -2.43. The van der Waals surface area contributed by atoms with Gasteiger partial charge in [-0.15, -0.1) is 0 Å². The van der Waals surface area contributed by atoms with Crippen LogP contribution in [0.1, 0.15) is 79.6 Å². The zero-order valence-electron chi connectivity index (χ0n) is 33.5. The summed E-state index contributed by atoms with van der Waals surface area (Å²) >= 11 is 0. The number of carbonyl (C=O) groups is 6. The Bertz CT molecular complexity index is 2560. The first-order valence-corrected chi connectivity index (χ1v) is 18.7. The lowest BCUT2D eigenvalue weighted by atomic mass is 9.89. The molecule has 4 aromatic carbocycles. The zero-order valence-corrected chi connectivity index (χ0v) is 33.5. The van der Waals surface area contributed by atoms with E-state index >= 15 is 0 Å². The third kappa shape index (κ3) is 8.43. The summed E-state index contributed by atoms with van der Waals surface area (Å²) in [4.78, 5) is 88.3. The Labute approximate surface area is 355 Å². The van der Waals surface area contributed by atoms with Gasteiger partial charge in [0.1, 0.15) is 6.42 Å². The van der Waals surface area contributed by atoms with Crippen molar-refractivity contribution in [2.75, 3.05) is 9.80 Å². The Kier molecular flexibility index (Phi) is 12.0. The molecular formula is C45H32F6N6O6. The van der Waals surface area contributed by atoms with Crippen molar-refractivity contribution in [2.24, 2.45) is 0 Å². The van der Waals surface area contributed by atoms with Gasteiger partial charge in [0, 0.05) is 22.5 Å². The number of nitriles is 2. The van der Waals surface area contributed by atoms with Crippen LogP contribution in [0.25, 0.3) is 0 Å². The Morgan fingerprint density at radius 3 is 1.19 bits per heavy atom. The van der Waals surface area contributed by atoms with Crippen LogP contribution >= 0.6 is 0 Å². The summed E-state index contributed by atoms with van der Waals surface area (Å²) in [7, 11) is 0. The number of amides is 6. The number of rotatable bonds is 8. The van der Waals surface area contributed by atoms with Gasteiger partial charge in [-0.25, -0.2) is 9.59 Å². The second-order valence-electron chi connectivity index (χ2n) is 14.4. The highest BCUT2D eigenvalue weighted by molar-refractivity contribution is 6.17. The van der Waals surface area contributed by atoms with Gasteiger partial charge in [-0.3, -0.25) is 38.8 Å². The number of carbonyl (C=O) groups excluding carboxylic acids is 6. The molecule has 2 atom stereocenters. The quantitative estimate of drug-likeness (QED) is 0.125. The number of nitrogens with zero attached hydrogens (tertiary/aromatic N) is 6. The standard InChI is InChI=1S/C45H32F6N6O6/c1-24-38(26(3)58)40(30-15-11-28(22-52)12-16-30)56(42(62)54(24)34-9-5-7-32(19-34)44(46,47)48)36(60)21-37(61)57-41(31-17-13-29(23-53)14-18-31)39(27(4)59)25(2)55(43(57)63)35-10-6-8-33(20-35)45(49,50)51/h5-20,40-41H,21H2,1-4H3. The summed E-state index contributed by atoms with van der Waals surface area (Å²) in [6.07, 6.45) is -11.2. The van der Waals surface area contributed by atoms with E-state index in [0.717, 1.165) is 50.2 Å². The molecule has 0 spiro atoms. The number of alkyl halides is 6. The molecule has 6 amide bonds. The van der Waals surface area contributed by atoms with E-state index in [2.05, 4.69) is 0 Å². The highest BCUT2D eigenvalue weighted by Gasteiger charge is 2.49. The predicted molar refractivity (Wildman–Crippen MR) is 212 cm³/mol. The highest BCUT2D eigenvalue weighted by Crippen LogP contribution is 2.44. The van der Waals surface area contributed by atoms with Crippen LogP contribution in [0, 0.1) is 22.7 Å². The van der Waals surface area contributed by atoms with E-state index in [9.17, 15) is 65.6 Å². The SMILES string of the molecule is CC(=O)C1=C(C)N(c2cccc(C(F)(F)F)c2)C(=O)N(C(=O)CC(=O)N2C(=O)N(c3cccc(C(F)(F)F)c3)C(C)=C(C(C)=O)C2c2ccc(C#N)cc2)C1c1ccc(C#N)cc1. The molecule has 6 rings (SSSR count). The highest BCUT2D eigenvalue weighted by atomic mass is 19.4. The van der Waals surface area contributed by atoms with Crippen molar-refractivity contribution in [1.82, 2.24) is 9.80 Å². The van der Waals surface area contributed by atoms with E-state index in [1.165, 1.54) is 62.4 Å². The van der Waals surface area contributed by atoms with Gasteiger partial charge < -0.3 is 0 Å². The molecule has 0 bridgehead atoms. The van der Waals surface area contributed by atoms with Crippen molar-refractivity contribution in [3.05, 3.63) is 153 Å². The molecule has 2 heterocycles. The largest absolute Gasteiger partial charge is 0.416 e. The van der Waals surface area contributed by atoms with Crippen LogP contribution in [0.2, 0.25) is 0 Å². The van der Waals surface area contributed by atoms with Crippen molar-refractivity contribution in [3.63, 3.8) is 0 Å². The van der Waals surface area contributed by atoms with Crippen LogP contribution in [0.15, 0.2) is 120 Å². The Hall–Kier alpha value is -7.86. The third-order valence-electron chi connectivity index (χ3n) is 10.5. The molecule has 18 heteroatoms. The zero-order chi connectivity index (χ0) is 46.3. The maximum atomic E-state index is 14.8. The van der Waals surface area contributed by atoms with Crippen LogP contribution in [-0.4, -0.2) is 45.2 Å². The Morgan fingerprint density at radius 1 is 0.571 bits per heavy atom. The fourth-order valence-corrected chi connectivity index (χ4v) is 7.68. The first kappa shape index (κ1) is 44.7.